The average Bonchev–Trinajstić information content (AvgIpc) is 3.23. The van der Waals surface area contributed by atoms with Gasteiger partial charge in [-0.15, -0.1) is 0 Å². The number of rotatable bonds is 7. The predicted molar refractivity (Wildman–Crippen MR) is 106 cm³/mol. The molecule has 0 saturated carbocycles. The van der Waals surface area contributed by atoms with Gasteiger partial charge in [-0.2, -0.15) is 0 Å². The molecule has 2 N–H and O–H groups in total. The van der Waals surface area contributed by atoms with Crippen molar-refractivity contribution in [3.05, 3.63) is 54.0 Å². The van der Waals surface area contributed by atoms with E-state index in [9.17, 15) is 9.59 Å². The molecule has 0 bridgehead atoms. The summed E-state index contributed by atoms with van der Waals surface area (Å²) in [5.41, 5.74) is 1.89. The minimum absolute atomic E-state index is 0.0699. The van der Waals surface area contributed by atoms with Crippen molar-refractivity contribution in [2.75, 3.05) is 31.6 Å². The van der Waals surface area contributed by atoms with Crippen molar-refractivity contribution in [1.29, 1.82) is 0 Å². The van der Waals surface area contributed by atoms with Gasteiger partial charge in [0.05, 0.1) is 19.5 Å². The van der Waals surface area contributed by atoms with Crippen LogP contribution >= 0.6 is 0 Å². The fourth-order valence-electron chi connectivity index (χ4n) is 3.09. The van der Waals surface area contributed by atoms with E-state index in [0.717, 1.165) is 32.8 Å². The van der Waals surface area contributed by atoms with Crippen LogP contribution in [0.2, 0.25) is 0 Å². The molecule has 0 spiro atoms. The van der Waals surface area contributed by atoms with E-state index in [1.54, 1.807) is 12.1 Å². The topological polar surface area (TPSA) is 83.8 Å². The van der Waals surface area contributed by atoms with E-state index in [4.69, 9.17) is 9.15 Å². The van der Waals surface area contributed by atoms with Crippen LogP contribution in [0.4, 0.5) is 5.69 Å². The van der Waals surface area contributed by atoms with Gasteiger partial charge in [0.25, 0.3) is 5.91 Å². The van der Waals surface area contributed by atoms with Crippen LogP contribution in [-0.2, 0) is 16.1 Å². The van der Waals surface area contributed by atoms with Crippen molar-refractivity contribution in [3.8, 4) is 0 Å². The number of carbonyl (C=O) groups excluding carboxylic acids is 2. The highest BCUT2D eigenvalue weighted by molar-refractivity contribution is 6.00. The fourth-order valence-corrected chi connectivity index (χ4v) is 3.09. The van der Waals surface area contributed by atoms with Crippen molar-refractivity contribution >= 4 is 17.5 Å². The van der Waals surface area contributed by atoms with Crippen LogP contribution < -0.4 is 10.6 Å². The number of ether oxygens (including phenoxy) is 1. The highest BCUT2D eigenvalue weighted by Crippen LogP contribution is 2.14. The molecular weight excluding hydrogens is 358 g/mol. The number of nitrogens with zero attached hydrogens (tertiary/aromatic N) is 1. The summed E-state index contributed by atoms with van der Waals surface area (Å²) in [6, 6.07) is 10.3. The number of hydrogen-bond donors (Lipinski definition) is 2. The number of carbonyl (C=O) groups is 2. The molecule has 1 fully saturated rings. The quantitative estimate of drug-likeness (QED) is 0.765. The lowest BCUT2D eigenvalue weighted by Crippen LogP contribution is -2.47. The third-order valence-corrected chi connectivity index (χ3v) is 4.71. The van der Waals surface area contributed by atoms with Gasteiger partial charge in [0.15, 0.2) is 5.76 Å². The Morgan fingerprint density at radius 1 is 1.11 bits per heavy atom. The summed E-state index contributed by atoms with van der Waals surface area (Å²) in [5, 5.41) is 5.63. The maximum Gasteiger partial charge on any atom is 0.287 e. The van der Waals surface area contributed by atoms with Gasteiger partial charge < -0.3 is 19.8 Å². The number of morpholine rings is 1. The van der Waals surface area contributed by atoms with Crippen LogP contribution in [0.5, 0.6) is 0 Å². The third kappa shape index (κ3) is 5.43. The zero-order valence-corrected chi connectivity index (χ0v) is 16.3. The second-order valence-electron chi connectivity index (χ2n) is 7.25. The van der Waals surface area contributed by atoms with Crippen molar-refractivity contribution < 1.29 is 18.7 Å². The molecule has 2 amide bonds. The maximum atomic E-state index is 12.7. The number of nitrogens with one attached hydrogen (secondary N) is 2. The molecule has 1 aromatic heterocycles. The normalized spacial score (nSPS) is 16.0. The number of furan rings is 1. The van der Waals surface area contributed by atoms with Crippen molar-refractivity contribution in [1.82, 2.24) is 10.2 Å². The van der Waals surface area contributed by atoms with Gasteiger partial charge in [0, 0.05) is 25.3 Å². The van der Waals surface area contributed by atoms with E-state index < -0.39 is 11.9 Å². The summed E-state index contributed by atoms with van der Waals surface area (Å²) < 4.78 is 10.5. The summed E-state index contributed by atoms with van der Waals surface area (Å²) in [7, 11) is 0. The van der Waals surface area contributed by atoms with Gasteiger partial charge >= 0.3 is 0 Å². The zero-order valence-electron chi connectivity index (χ0n) is 16.3. The fraction of sp³-hybridized carbons (Fsp3) is 0.429. The van der Waals surface area contributed by atoms with Crippen molar-refractivity contribution in [3.63, 3.8) is 0 Å². The Morgan fingerprint density at radius 2 is 1.82 bits per heavy atom. The van der Waals surface area contributed by atoms with E-state index in [2.05, 4.69) is 15.5 Å². The summed E-state index contributed by atoms with van der Waals surface area (Å²) >= 11 is 0. The predicted octanol–water partition coefficient (Wildman–Crippen LogP) is 2.50. The lowest BCUT2D eigenvalue weighted by atomic mass is 10.0. The number of anilines is 1. The Balaban J connectivity index is 1.57. The Hall–Kier alpha value is -2.64. The number of benzene rings is 1. The van der Waals surface area contributed by atoms with Crippen LogP contribution in [0.15, 0.2) is 47.1 Å². The average molecular weight is 385 g/mol. The first kappa shape index (κ1) is 20.1. The van der Waals surface area contributed by atoms with E-state index in [1.807, 2.05) is 38.1 Å². The molecule has 2 heterocycles. The molecule has 1 saturated heterocycles. The zero-order chi connectivity index (χ0) is 19.9. The molecule has 7 nitrogen and oxygen atoms in total. The monoisotopic (exact) mass is 385 g/mol. The van der Waals surface area contributed by atoms with Crippen LogP contribution in [0.3, 0.4) is 0 Å². The van der Waals surface area contributed by atoms with Crippen molar-refractivity contribution in [2.45, 2.75) is 26.4 Å². The van der Waals surface area contributed by atoms with Crippen LogP contribution in [0.1, 0.15) is 30.0 Å². The molecule has 1 unspecified atom stereocenters. The number of amides is 2. The summed E-state index contributed by atoms with van der Waals surface area (Å²) in [5.74, 6) is -0.541. The Morgan fingerprint density at radius 3 is 2.43 bits per heavy atom. The smallest absolute Gasteiger partial charge is 0.287 e. The lowest BCUT2D eigenvalue weighted by molar-refractivity contribution is -0.118. The van der Waals surface area contributed by atoms with Crippen LogP contribution in [0.25, 0.3) is 0 Å². The van der Waals surface area contributed by atoms with Gasteiger partial charge in [0.1, 0.15) is 6.04 Å². The number of hydrogen-bond acceptors (Lipinski definition) is 5. The Labute approximate surface area is 165 Å². The molecule has 7 heteroatoms. The molecule has 1 aliphatic rings. The largest absolute Gasteiger partial charge is 0.459 e. The Bertz CT molecular complexity index is 765. The molecule has 1 aliphatic heterocycles. The molecule has 0 radical (unpaired) electrons. The van der Waals surface area contributed by atoms with E-state index in [-0.39, 0.29) is 17.6 Å². The minimum Gasteiger partial charge on any atom is -0.459 e. The van der Waals surface area contributed by atoms with Gasteiger partial charge in [0.2, 0.25) is 5.91 Å². The van der Waals surface area contributed by atoms with Gasteiger partial charge in [-0.25, -0.2) is 0 Å². The van der Waals surface area contributed by atoms with Gasteiger partial charge in [-0.3, -0.25) is 14.5 Å². The molecular formula is C21H27N3O4. The van der Waals surface area contributed by atoms with E-state index in [1.165, 1.54) is 11.8 Å². The van der Waals surface area contributed by atoms with Gasteiger partial charge in [-0.05, 0) is 35.7 Å². The van der Waals surface area contributed by atoms with Crippen LogP contribution in [-0.4, -0.2) is 49.1 Å². The summed E-state index contributed by atoms with van der Waals surface area (Å²) in [4.78, 5) is 27.2. The van der Waals surface area contributed by atoms with E-state index >= 15 is 0 Å². The Kier molecular flexibility index (Phi) is 6.84. The van der Waals surface area contributed by atoms with Crippen LogP contribution in [0, 0.1) is 5.92 Å². The first-order valence-corrected chi connectivity index (χ1v) is 9.57. The highest BCUT2D eigenvalue weighted by atomic mass is 16.5. The SMILES string of the molecule is CC(C)C(NC(=O)c1ccco1)C(=O)Nc1ccc(CN2CCOCC2)cc1. The molecule has 1 atom stereocenters. The van der Waals surface area contributed by atoms with Gasteiger partial charge in [-0.1, -0.05) is 26.0 Å². The second kappa shape index (κ2) is 9.52. The molecule has 28 heavy (non-hydrogen) atoms. The summed E-state index contributed by atoms with van der Waals surface area (Å²) in [6.45, 7) is 8.05. The van der Waals surface area contributed by atoms with Crippen molar-refractivity contribution in [2.24, 2.45) is 5.92 Å². The first-order valence-electron chi connectivity index (χ1n) is 9.57. The second-order valence-corrected chi connectivity index (χ2v) is 7.25. The molecule has 2 aromatic rings. The first-order chi connectivity index (χ1) is 13.5. The third-order valence-electron chi connectivity index (χ3n) is 4.71. The molecule has 1 aromatic carbocycles. The minimum atomic E-state index is -0.661. The highest BCUT2D eigenvalue weighted by Gasteiger charge is 2.25. The molecule has 0 aliphatic carbocycles. The maximum absolute atomic E-state index is 12.7. The standard InChI is InChI=1S/C21H27N3O4/c1-15(2)19(23-20(25)18-4-3-11-28-18)21(26)22-17-7-5-16(6-8-17)14-24-9-12-27-13-10-24/h3-8,11,15,19H,9-10,12-14H2,1-2H3,(H,22,26)(H,23,25). The molecule has 3 rings (SSSR count). The lowest BCUT2D eigenvalue weighted by Gasteiger charge is -2.26. The van der Waals surface area contributed by atoms with E-state index in [0.29, 0.717) is 5.69 Å². The molecule has 150 valence electrons. The summed E-state index contributed by atoms with van der Waals surface area (Å²) in [6.07, 6.45) is 1.43.